The van der Waals surface area contributed by atoms with Gasteiger partial charge in [0.05, 0.1) is 0 Å². The molecule has 0 aliphatic carbocycles. The van der Waals surface area contributed by atoms with Crippen LogP contribution in [0.1, 0.15) is 49.5 Å². The summed E-state index contributed by atoms with van der Waals surface area (Å²) in [7, 11) is 0. The third-order valence-corrected chi connectivity index (χ3v) is 6.94. The highest BCUT2D eigenvalue weighted by Crippen LogP contribution is 2.34. The van der Waals surface area contributed by atoms with Gasteiger partial charge in [0.15, 0.2) is 11.6 Å². The molecule has 2 aliphatic rings. The highest BCUT2D eigenvalue weighted by atomic mass is 16.5. The highest BCUT2D eigenvalue weighted by Gasteiger charge is 2.25. The predicted molar refractivity (Wildman–Crippen MR) is 157 cm³/mol. The van der Waals surface area contributed by atoms with Crippen LogP contribution >= 0.6 is 0 Å². The van der Waals surface area contributed by atoms with E-state index in [4.69, 9.17) is 9.72 Å². The molecule has 1 aromatic heterocycles. The summed E-state index contributed by atoms with van der Waals surface area (Å²) in [4.78, 5) is 38.4. The molecule has 1 saturated heterocycles. The Morgan fingerprint density at radius 2 is 1.85 bits per heavy atom. The number of allylic oxidation sites excluding steroid dienone is 1. The minimum absolute atomic E-state index is 0.0803. The quantitative estimate of drug-likeness (QED) is 0.216. The van der Waals surface area contributed by atoms with Crippen LogP contribution in [0.4, 0.5) is 23.1 Å². The number of Topliss-reactive ketones (excluding diaryl/α,β-unsaturated/α-hetero) is 1. The number of likely N-dealkylation sites (tertiary alicyclic amines) is 1. The molecule has 0 atom stereocenters. The molecule has 1 fully saturated rings. The molecule has 0 saturated carbocycles. The molecule has 2 aliphatic heterocycles. The van der Waals surface area contributed by atoms with Gasteiger partial charge in [-0.3, -0.25) is 9.69 Å². The fraction of sp³-hybridized carbons (Fsp3) is 0.387. The van der Waals surface area contributed by atoms with E-state index in [1.807, 2.05) is 63.4 Å². The van der Waals surface area contributed by atoms with Crippen molar-refractivity contribution in [2.75, 3.05) is 43.0 Å². The molecule has 9 nitrogen and oxygen atoms in total. The summed E-state index contributed by atoms with van der Waals surface area (Å²) in [5, 5.41) is 6.24. The van der Waals surface area contributed by atoms with Crippen molar-refractivity contribution in [1.82, 2.24) is 20.2 Å². The van der Waals surface area contributed by atoms with Crippen LogP contribution in [0.3, 0.4) is 0 Å². The van der Waals surface area contributed by atoms with E-state index in [-0.39, 0.29) is 11.5 Å². The van der Waals surface area contributed by atoms with Crippen LogP contribution in [-0.4, -0.2) is 64.9 Å². The molecule has 9 heteroatoms. The van der Waals surface area contributed by atoms with Crippen LogP contribution in [0.25, 0.3) is 0 Å². The molecule has 0 bridgehead atoms. The van der Waals surface area contributed by atoms with Gasteiger partial charge in [0.25, 0.3) is 0 Å². The van der Waals surface area contributed by atoms with E-state index in [1.165, 1.54) is 25.9 Å². The van der Waals surface area contributed by atoms with Crippen LogP contribution in [0.2, 0.25) is 0 Å². The van der Waals surface area contributed by atoms with Crippen molar-refractivity contribution >= 4 is 34.9 Å². The molecule has 208 valence electrons. The Kier molecular flexibility index (Phi) is 8.14. The van der Waals surface area contributed by atoms with Gasteiger partial charge < -0.3 is 20.3 Å². The van der Waals surface area contributed by atoms with Gasteiger partial charge in [-0.05, 0) is 89.5 Å². The number of nitrogens with one attached hydrogen (secondary N) is 2. The highest BCUT2D eigenvalue weighted by molar-refractivity contribution is 6.13. The number of fused-ring (bicyclic) bond motifs is 1. The van der Waals surface area contributed by atoms with E-state index in [2.05, 4.69) is 25.4 Å². The van der Waals surface area contributed by atoms with Gasteiger partial charge in [0.2, 0.25) is 11.7 Å². The third kappa shape index (κ3) is 6.68. The standard InChI is InChI=1S/C31H36N6O3/c1-31(2,3)35-27(21-38)28(39)22-7-6-8-25(19-22)37-16-13-23-20-32-30(34-29(23)37)33-24-9-11-26(12-10-24)40-18-17-36-14-4-5-15-36/h6-12,19-20,35H,4-5,13-18H2,1-3H3,(H,32,33,34). The molecule has 2 N–H and O–H groups in total. The largest absolute Gasteiger partial charge is 0.492 e. The second-order valence-electron chi connectivity index (χ2n) is 11.2. The normalized spacial score (nSPS) is 14.9. The molecular weight excluding hydrogens is 504 g/mol. The van der Waals surface area contributed by atoms with Crippen LogP contribution < -0.4 is 20.3 Å². The minimum atomic E-state index is -0.436. The van der Waals surface area contributed by atoms with Gasteiger partial charge in [0, 0.05) is 47.3 Å². The summed E-state index contributed by atoms with van der Waals surface area (Å²) < 4.78 is 5.91. The zero-order valence-corrected chi connectivity index (χ0v) is 23.4. The fourth-order valence-electron chi connectivity index (χ4n) is 4.98. The van der Waals surface area contributed by atoms with Crippen LogP contribution in [0.15, 0.2) is 60.4 Å². The van der Waals surface area contributed by atoms with Crippen LogP contribution in [0.5, 0.6) is 5.75 Å². The average Bonchev–Trinajstić information content (AvgIpc) is 3.62. The van der Waals surface area contributed by atoms with Crippen molar-refractivity contribution in [2.24, 2.45) is 0 Å². The van der Waals surface area contributed by atoms with E-state index in [1.54, 1.807) is 18.1 Å². The van der Waals surface area contributed by atoms with E-state index in [0.29, 0.717) is 24.7 Å². The van der Waals surface area contributed by atoms with Crippen molar-refractivity contribution in [1.29, 1.82) is 0 Å². The van der Waals surface area contributed by atoms with E-state index < -0.39 is 5.54 Å². The third-order valence-electron chi connectivity index (χ3n) is 6.94. The lowest BCUT2D eigenvalue weighted by atomic mass is 10.0. The second kappa shape index (κ2) is 11.9. The number of anilines is 4. The Morgan fingerprint density at radius 1 is 1.07 bits per heavy atom. The van der Waals surface area contributed by atoms with E-state index in [9.17, 15) is 9.59 Å². The van der Waals surface area contributed by atoms with Gasteiger partial charge in [-0.2, -0.15) is 4.98 Å². The number of hydrogen-bond acceptors (Lipinski definition) is 9. The Balaban J connectivity index is 1.26. The van der Waals surface area contributed by atoms with Crippen LogP contribution in [0, 0.1) is 0 Å². The zero-order chi connectivity index (χ0) is 28.1. The minimum Gasteiger partial charge on any atom is -0.492 e. The van der Waals surface area contributed by atoms with Crippen molar-refractivity contribution < 1.29 is 14.3 Å². The summed E-state index contributed by atoms with van der Waals surface area (Å²) in [5.41, 5.74) is 2.62. The van der Waals surface area contributed by atoms with Crippen molar-refractivity contribution in [2.45, 2.75) is 45.6 Å². The number of carbonyl (C=O) groups excluding carboxylic acids is 2. The summed E-state index contributed by atoms with van der Waals surface area (Å²) in [5.74, 6) is 3.50. The van der Waals surface area contributed by atoms with Gasteiger partial charge >= 0.3 is 0 Å². The maximum Gasteiger partial charge on any atom is 0.229 e. The number of aromatic nitrogens is 2. The SMILES string of the molecule is CC(C)(C)NC(=C=O)C(=O)c1cccc(N2CCc3cnc(Nc4ccc(OCCN5CCCC5)cc4)nc32)c1. The van der Waals surface area contributed by atoms with Gasteiger partial charge in [0.1, 0.15) is 18.2 Å². The van der Waals surface area contributed by atoms with Crippen molar-refractivity contribution in [3.63, 3.8) is 0 Å². The molecule has 0 radical (unpaired) electrons. The van der Waals surface area contributed by atoms with Gasteiger partial charge in [-0.1, -0.05) is 12.1 Å². The lowest BCUT2D eigenvalue weighted by molar-refractivity contribution is 0.102. The average molecular weight is 541 g/mol. The van der Waals surface area contributed by atoms with Crippen molar-refractivity contribution in [3.8, 4) is 5.75 Å². The summed E-state index contributed by atoms with van der Waals surface area (Å²) >= 11 is 0. The first-order valence-corrected chi connectivity index (χ1v) is 13.8. The molecular formula is C31H36N6O3. The number of nitrogens with zero attached hydrogens (tertiary/aromatic N) is 4. The molecule has 5 rings (SSSR count). The predicted octanol–water partition coefficient (Wildman–Crippen LogP) is 4.68. The smallest absolute Gasteiger partial charge is 0.229 e. The number of ether oxygens (including phenoxy) is 1. The molecule has 3 heterocycles. The molecule has 0 amide bonds. The second-order valence-corrected chi connectivity index (χ2v) is 11.2. The lowest BCUT2D eigenvalue weighted by Gasteiger charge is -2.22. The lowest BCUT2D eigenvalue weighted by Crippen LogP contribution is -2.38. The number of ketones is 1. The van der Waals surface area contributed by atoms with Crippen LogP contribution in [-0.2, 0) is 11.2 Å². The molecule has 2 aromatic carbocycles. The van der Waals surface area contributed by atoms with Gasteiger partial charge in [-0.15, -0.1) is 0 Å². The molecule has 0 unspecified atom stereocenters. The number of carbonyl (C=O) groups is 1. The van der Waals surface area contributed by atoms with E-state index >= 15 is 0 Å². The molecule has 3 aromatic rings. The Bertz CT molecular complexity index is 1400. The topological polar surface area (TPSA) is 99.7 Å². The molecule has 40 heavy (non-hydrogen) atoms. The summed E-state index contributed by atoms with van der Waals surface area (Å²) in [6.45, 7) is 10.4. The Morgan fingerprint density at radius 3 is 2.58 bits per heavy atom. The zero-order valence-electron chi connectivity index (χ0n) is 23.4. The number of rotatable bonds is 10. The first-order chi connectivity index (χ1) is 19.3. The van der Waals surface area contributed by atoms with Gasteiger partial charge in [-0.25, -0.2) is 9.78 Å². The number of hydrogen-bond donors (Lipinski definition) is 2. The first kappa shape index (κ1) is 27.4. The molecule has 0 spiro atoms. The number of benzene rings is 2. The summed E-state index contributed by atoms with van der Waals surface area (Å²) in [6, 6.07) is 15.1. The Hall–Kier alpha value is -4.20. The maximum absolute atomic E-state index is 13.0. The Labute approximate surface area is 235 Å². The monoisotopic (exact) mass is 540 g/mol. The van der Waals surface area contributed by atoms with Crippen molar-refractivity contribution in [3.05, 3.63) is 71.6 Å². The first-order valence-electron chi connectivity index (χ1n) is 13.8. The maximum atomic E-state index is 13.0. The van der Waals surface area contributed by atoms with E-state index in [0.717, 1.165) is 41.5 Å². The fourth-order valence-corrected chi connectivity index (χ4v) is 4.98. The summed E-state index contributed by atoms with van der Waals surface area (Å²) in [6.07, 6.45) is 5.20.